The number of aromatic nitrogens is 4. The van der Waals surface area contributed by atoms with E-state index in [-0.39, 0.29) is 29.7 Å². The van der Waals surface area contributed by atoms with Gasteiger partial charge in [-0.05, 0) is 23.6 Å². The third kappa shape index (κ3) is 4.61. The van der Waals surface area contributed by atoms with Gasteiger partial charge in [0, 0.05) is 5.39 Å². The van der Waals surface area contributed by atoms with Gasteiger partial charge < -0.3 is 10.3 Å². The number of imidazole rings is 1. The Morgan fingerprint density at radius 3 is 2.31 bits per heavy atom. The molecule has 0 saturated carbocycles. The van der Waals surface area contributed by atoms with Gasteiger partial charge >= 0.3 is 0 Å². The van der Waals surface area contributed by atoms with Crippen LogP contribution in [-0.4, -0.2) is 25.7 Å². The molecule has 2 N–H and O–H groups in total. The molecule has 0 spiro atoms. The first-order valence-corrected chi connectivity index (χ1v) is 11.6. The summed E-state index contributed by atoms with van der Waals surface area (Å²) in [5.74, 6) is 0.314. The van der Waals surface area contributed by atoms with Crippen LogP contribution in [0.2, 0.25) is 0 Å². The number of aromatic amines is 1. The molecule has 5 aromatic rings. The Bertz CT molecular complexity index is 1520. The van der Waals surface area contributed by atoms with E-state index in [4.69, 9.17) is 0 Å². The number of amides is 1. The first-order chi connectivity index (χ1) is 17.1. The van der Waals surface area contributed by atoms with Crippen LogP contribution < -0.4 is 10.9 Å². The summed E-state index contributed by atoms with van der Waals surface area (Å²) in [6, 6.07) is 26.2. The molecular weight excluding hydrogens is 438 g/mol. The van der Waals surface area contributed by atoms with E-state index in [0.29, 0.717) is 23.0 Å². The summed E-state index contributed by atoms with van der Waals surface area (Å²) in [5.41, 5.74) is 2.82. The molecule has 0 aliphatic carbocycles. The van der Waals surface area contributed by atoms with Crippen molar-refractivity contribution in [1.82, 2.24) is 25.1 Å². The van der Waals surface area contributed by atoms with Gasteiger partial charge in [0.15, 0.2) is 5.69 Å². The Labute approximate surface area is 202 Å². The van der Waals surface area contributed by atoms with Gasteiger partial charge in [0.25, 0.3) is 11.5 Å². The van der Waals surface area contributed by atoms with Gasteiger partial charge in [-0.25, -0.2) is 9.67 Å². The van der Waals surface area contributed by atoms with Crippen molar-refractivity contribution in [3.05, 3.63) is 119 Å². The van der Waals surface area contributed by atoms with Gasteiger partial charge in [-0.2, -0.15) is 5.10 Å². The number of rotatable bonds is 7. The molecule has 0 fully saturated rings. The molecule has 7 nitrogen and oxygen atoms in total. The van der Waals surface area contributed by atoms with Crippen molar-refractivity contribution in [2.75, 3.05) is 0 Å². The summed E-state index contributed by atoms with van der Waals surface area (Å²) in [4.78, 5) is 34.4. The summed E-state index contributed by atoms with van der Waals surface area (Å²) in [7, 11) is 0. The standard InChI is InChI=1S/C28H25N5O2/c1-2-23(26-29-17-24(30-26)20-13-7-4-8-14-20)31-27(34)25-21-15-9-10-16-22(21)28(35)33(32-25)18-19-11-5-3-6-12-19/h3-17,23H,2,18H2,1H3,(H,29,30)(H,31,34). The SMILES string of the molecule is CCC(NC(=O)c1nn(Cc2ccccc2)c(=O)c2ccccc12)c1ncc(-c2ccccc2)[nH]1. The van der Waals surface area contributed by atoms with Crippen LogP contribution in [0.3, 0.4) is 0 Å². The van der Waals surface area contributed by atoms with Gasteiger partial charge in [0.1, 0.15) is 5.82 Å². The fraction of sp³-hybridized carbons (Fsp3) is 0.143. The molecule has 35 heavy (non-hydrogen) atoms. The lowest BCUT2D eigenvalue weighted by Crippen LogP contribution is -2.33. The Hall–Kier alpha value is -4.52. The maximum absolute atomic E-state index is 13.5. The van der Waals surface area contributed by atoms with Crippen molar-refractivity contribution in [3.8, 4) is 11.3 Å². The van der Waals surface area contributed by atoms with Crippen molar-refractivity contribution < 1.29 is 4.79 Å². The fourth-order valence-corrected chi connectivity index (χ4v) is 4.13. The minimum Gasteiger partial charge on any atom is -0.341 e. The van der Waals surface area contributed by atoms with E-state index >= 15 is 0 Å². The van der Waals surface area contributed by atoms with Crippen molar-refractivity contribution in [2.45, 2.75) is 25.9 Å². The smallest absolute Gasteiger partial charge is 0.274 e. The second-order valence-electron chi connectivity index (χ2n) is 8.33. The summed E-state index contributed by atoms with van der Waals surface area (Å²) in [6.07, 6.45) is 2.41. The normalized spacial score (nSPS) is 11.9. The van der Waals surface area contributed by atoms with E-state index in [1.54, 1.807) is 30.5 Å². The molecule has 1 unspecified atom stereocenters. The molecule has 5 rings (SSSR count). The highest BCUT2D eigenvalue weighted by Crippen LogP contribution is 2.21. The van der Waals surface area contributed by atoms with E-state index in [2.05, 4.69) is 20.4 Å². The van der Waals surface area contributed by atoms with Crippen LogP contribution in [0.1, 0.15) is 41.3 Å². The minimum absolute atomic E-state index is 0.212. The second kappa shape index (κ2) is 9.77. The van der Waals surface area contributed by atoms with Gasteiger partial charge in [0.2, 0.25) is 0 Å². The van der Waals surface area contributed by atoms with Crippen LogP contribution >= 0.6 is 0 Å². The third-order valence-corrected chi connectivity index (χ3v) is 5.98. The zero-order valence-corrected chi connectivity index (χ0v) is 19.3. The molecule has 1 atom stereocenters. The summed E-state index contributed by atoms with van der Waals surface area (Å²) in [5, 5.41) is 8.53. The summed E-state index contributed by atoms with van der Waals surface area (Å²) < 4.78 is 1.36. The number of benzene rings is 3. The number of fused-ring (bicyclic) bond motifs is 1. The topological polar surface area (TPSA) is 92.7 Å². The van der Waals surface area contributed by atoms with Crippen molar-refractivity contribution in [1.29, 1.82) is 0 Å². The molecule has 0 radical (unpaired) electrons. The molecule has 0 saturated heterocycles. The number of nitrogens with one attached hydrogen (secondary N) is 2. The fourth-order valence-electron chi connectivity index (χ4n) is 4.13. The van der Waals surface area contributed by atoms with Crippen molar-refractivity contribution >= 4 is 16.7 Å². The molecule has 0 bridgehead atoms. The largest absolute Gasteiger partial charge is 0.341 e. The lowest BCUT2D eigenvalue weighted by molar-refractivity contribution is 0.0928. The number of hydrogen-bond donors (Lipinski definition) is 2. The lowest BCUT2D eigenvalue weighted by atomic mass is 10.1. The maximum atomic E-state index is 13.5. The number of carbonyl (C=O) groups is 1. The van der Waals surface area contributed by atoms with E-state index in [1.165, 1.54) is 4.68 Å². The van der Waals surface area contributed by atoms with E-state index < -0.39 is 0 Å². The van der Waals surface area contributed by atoms with E-state index in [9.17, 15) is 9.59 Å². The Balaban J connectivity index is 1.47. The Kier molecular flexibility index (Phi) is 6.22. The third-order valence-electron chi connectivity index (χ3n) is 5.98. The average molecular weight is 464 g/mol. The van der Waals surface area contributed by atoms with Gasteiger partial charge in [-0.15, -0.1) is 0 Å². The summed E-state index contributed by atoms with van der Waals surface area (Å²) in [6.45, 7) is 2.26. The highest BCUT2D eigenvalue weighted by atomic mass is 16.2. The molecule has 2 heterocycles. The van der Waals surface area contributed by atoms with Crippen LogP contribution in [0.4, 0.5) is 0 Å². The molecule has 174 valence electrons. The van der Waals surface area contributed by atoms with Gasteiger partial charge in [-0.1, -0.05) is 85.8 Å². The van der Waals surface area contributed by atoms with E-state index in [0.717, 1.165) is 16.8 Å². The monoisotopic (exact) mass is 463 g/mol. The first kappa shape index (κ1) is 22.3. The van der Waals surface area contributed by atoms with Crippen LogP contribution in [0.25, 0.3) is 22.0 Å². The Morgan fingerprint density at radius 1 is 0.943 bits per heavy atom. The minimum atomic E-state index is -0.354. The maximum Gasteiger partial charge on any atom is 0.274 e. The zero-order chi connectivity index (χ0) is 24.2. The quantitative estimate of drug-likeness (QED) is 0.365. The predicted octanol–water partition coefficient (Wildman–Crippen LogP) is 4.72. The van der Waals surface area contributed by atoms with E-state index in [1.807, 2.05) is 67.6 Å². The molecular formula is C28H25N5O2. The molecule has 1 amide bonds. The molecule has 2 aromatic heterocycles. The average Bonchev–Trinajstić information content (AvgIpc) is 3.40. The molecule has 0 aliphatic rings. The van der Waals surface area contributed by atoms with Crippen LogP contribution in [-0.2, 0) is 6.54 Å². The number of hydrogen-bond acceptors (Lipinski definition) is 4. The number of carbonyl (C=O) groups excluding carboxylic acids is 1. The highest BCUT2D eigenvalue weighted by molar-refractivity contribution is 6.04. The summed E-state index contributed by atoms with van der Waals surface area (Å²) >= 11 is 0. The van der Waals surface area contributed by atoms with Crippen molar-refractivity contribution in [2.24, 2.45) is 0 Å². The van der Waals surface area contributed by atoms with Gasteiger partial charge in [-0.3, -0.25) is 9.59 Å². The van der Waals surface area contributed by atoms with Crippen LogP contribution in [0.5, 0.6) is 0 Å². The molecule has 0 aliphatic heterocycles. The van der Waals surface area contributed by atoms with Gasteiger partial charge in [0.05, 0.1) is 29.9 Å². The molecule has 7 heteroatoms. The number of H-pyrrole nitrogens is 1. The number of nitrogens with zero attached hydrogens (tertiary/aromatic N) is 3. The van der Waals surface area contributed by atoms with Crippen molar-refractivity contribution in [3.63, 3.8) is 0 Å². The Morgan fingerprint density at radius 2 is 1.60 bits per heavy atom. The zero-order valence-electron chi connectivity index (χ0n) is 19.3. The predicted molar refractivity (Wildman–Crippen MR) is 136 cm³/mol. The van der Waals surface area contributed by atoms with Crippen LogP contribution in [0.15, 0.2) is 95.9 Å². The van der Waals surface area contributed by atoms with Crippen LogP contribution in [0, 0.1) is 0 Å². The lowest BCUT2D eigenvalue weighted by Gasteiger charge is -2.16. The highest BCUT2D eigenvalue weighted by Gasteiger charge is 2.22. The first-order valence-electron chi connectivity index (χ1n) is 11.6. The second-order valence-corrected chi connectivity index (χ2v) is 8.33. The molecule has 3 aromatic carbocycles.